The van der Waals surface area contributed by atoms with Crippen molar-refractivity contribution in [3.05, 3.63) is 53.1 Å². The predicted octanol–water partition coefficient (Wildman–Crippen LogP) is 3.57. The van der Waals surface area contributed by atoms with E-state index < -0.39 is 18.0 Å². The lowest BCUT2D eigenvalue weighted by Gasteiger charge is -2.17. The Labute approximate surface area is 159 Å². The minimum absolute atomic E-state index is 0.122. The topological polar surface area (TPSA) is 84.5 Å². The molecule has 0 aliphatic carbocycles. The van der Waals surface area contributed by atoms with Gasteiger partial charge in [0.05, 0.1) is 17.0 Å². The number of carbonyl (C=O) groups is 3. The quantitative estimate of drug-likeness (QED) is 0.779. The van der Waals surface area contributed by atoms with E-state index in [0.29, 0.717) is 22.2 Å². The number of nitrogens with one attached hydrogen (secondary N) is 2. The molecule has 6 nitrogen and oxygen atoms in total. The van der Waals surface area contributed by atoms with Crippen LogP contribution in [0.5, 0.6) is 0 Å². The first-order valence-corrected chi connectivity index (χ1v) is 9.13. The predicted molar refractivity (Wildman–Crippen MR) is 101 cm³/mol. The average molecular weight is 391 g/mol. The van der Waals surface area contributed by atoms with Crippen LogP contribution in [-0.4, -0.2) is 29.6 Å². The molecule has 0 radical (unpaired) electrons. The van der Waals surface area contributed by atoms with Crippen LogP contribution in [0.25, 0.3) is 0 Å². The summed E-state index contributed by atoms with van der Waals surface area (Å²) in [5.41, 5.74) is 1.38. The number of hydrogen-bond donors (Lipinski definition) is 2. The van der Waals surface area contributed by atoms with E-state index in [9.17, 15) is 14.4 Å². The Morgan fingerprint density at radius 1 is 1.23 bits per heavy atom. The number of thioether (sulfide) groups is 1. The van der Waals surface area contributed by atoms with Crippen molar-refractivity contribution in [2.75, 3.05) is 16.4 Å². The average Bonchev–Trinajstić information content (AvgIpc) is 2.62. The van der Waals surface area contributed by atoms with Gasteiger partial charge >= 0.3 is 5.97 Å². The Bertz CT molecular complexity index is 870. The molecule has 0 aromatic heterocycles. The van der Waals surface area contributed by atoms with Gasteiger partial charge in [0, 0.05) is 15.6 Å². The van der Waals surface area contributed by atoms with Gasteiger partial charge in [-0.05, 0) is 49.4 Å². The van der Waals surface area contributed by atoms with Crippen molar-refractivity contribution in [3.8, 4) is 0 Å². The van der Waals surface area contributed by atoms with Crippen LogP contribution < -0.4 is 10.6 Å². The van der Waals surface area contributed by atoms with E-state index in [4.69, 9.17) is 16.3 Å². The molecule has 2 aromatic rings. The van der Waals surface area contributed by atoms with E-state index in [0.717, 1.165) is 4.90 Å². The van der Waals surface area contributed by atoms with Crippen LogP contribution in [0.1, 0.15) is 17.3 Å². The van der Waals surface area contributed by atoms with E-state index in [1.165, 1.54) is 18.7 Å². The summed E-state index contributed by atoms with van der Waals surface area (Å²) in [6.07, 6.45) is -0.988. The van der Waals surface area contributed by atoms with Crippen LogP contribution in [0.4, 0.5) is 11.4 Å². The lowest BCUT2D eigenvalue weighted by atomic mass is 10.2. The molecule has 26 heavy (non-hydrogen) atoms. The number of anilines is 2. The van der Waals surface area contributed by atoms with Crippen LogP contribution in [0.3, 0.4) is 0 Å². The molecule has 2 amide bonds. The van der Waals surface area contributed by atoms with Crippen molar-refractivity contribution >= 4 is 52.5 Å². The maximum atomic E-state index is 12.3. The van der Waals surface area contributed by atoms with E-state index in [2.05, 4.69) is 10.6 Å². The Kier molecular flexibility index (Phi) is 5.49. The minimum Gasteiger partial charge on any atom is -0.449 e. The molecule has 1 heterocycles. The van der Waals surface area contributed by atoms with Crippen molar-refractivity contribution in [2.24, 2.45) is 0 Å². The molecule has 8 heteroatoms. The molecule has 0 saturated heterocycles. The molecule has 3 rings (SSSR count). The molecule has 2 aromatic carbocycles. The van der Waals surface area contributed by atoms with Gasteiger partial charge in [-0.2, -0.15) is 0 Å². The van der Waals surface area contributed by atoms with Crippen LogP contribution in [0, 0.1) is 0 Å². The molecule has 0 fully saturated rings. The molecule has 1 aliphatic heterocycles. The van der Waals surface area contributed by atoms with Crippen LogP contribution >= 0.6 is 23.4 Å². The number of halogens is 1. The first-order chi connectivity index (χ1) is 12.4. The lowest BCUT2D eigenvalue weighted by molar-refractivity contribution is -0.123. The number of benzene rings is 2. The zero-order chi connectivity index (χ0) is 18.7. The molecule has 0 bridgehead atoms. The SMILES string of the molecule is C[C@H](OC(=O)c1ccc2c(c1)NC(=O)CS2)C(=O)Nc1ccc(Cl)cc1. The standard InChI is InChI=1S/C18H15ClN2O4S/c1-10(17(23)20-13-5-3-12(19)4-6-13)25-18(24)11-2-7-15-14(8-11)21-16(22)9-26-15/h2-8,10H,9H2,1H3,(H,20,23)(H,21,22)/t10-/m0/s1. The number of carbonyl (C=O) groups excluding carboxylic acids is 3. The molecule has 0 unspecified atom stereocenters. The van der Waals surface area contributed by atoms with Crippen LogP contribution in [-0.2, 0) is 14.3 Å². The van der Waals surface area contributed by atoms with Gasteiger partial charge in [-0.1, -0.05) is 11.6 Å². The number of fused-ring (bicyclic) bond motifs is 1. The molecule has 134 valence electrons. The third-order valence-corrected chi connectivity index (χ3v) is 4.94. The molecular formula is C18H15ClN2O4S. The number of amides is 2. The molecular weight excluding hydrogens is 376 g/mol. The van der Waals surface area contributed by atoms with Gasteiger partial charge in [0.2, 0.25) is 5.91 Å². The van der Waals surface area contributed by atoms with Crippen LogP contribution in [0.2, 0.25) is 5.02 Å². The third-order valence-electron chi connectivity index (χ3n) is 3.61. The van der Waals surface area contributed by atoms with Crippen LogP contribution in [0.15, 0.2) is 47.4 Å². The molecule has 0 saturated carbocycles. The Hall–Kier alpha value is -2.51. The third kappa shape index (κ3) is 4.36. The van der Waals surface area contributed by atoms with Gasteiger partial charge in [-0.3, -0.25) is 9.59 Å². The fourth-order valence-electron chi connectivity index (χ4n) is 2.27. The number of rotatable bonds is 4. The van der Waals surface area contributed by atoms with E-state index in [1.54, 1.807) is 42.5 Å². The molecule has 1 atom stereocenters. The first-order valence-electron chi connectivity index (χ1n) is 7.76. The van der Waals surface area contributed by atoms with Crippen molar-refractivity contribution in [1.29, 1.82) is 0 Å². The van der Waals surface area contributed by atoms with Gasteiger partial charge in [0.15, 0.2) is 6.10 Å². The second-order valence-corrected chi connectivity index (χ2v) is 7.05. The number of esters is 1. The highest BCUT2D eigenvalue weighted by atomic mass is 35.5. The fourth-order valence-corrected chi connectivity index (χ4v) is 3.18. The van der Waals surface area contributed by atoms with Crippen molar-refractivity contribution in [2.45, 2.75) is 17.9 Å². The zero-order valence-electron chi connectivity index (χ0n) is 13.7. The summed E-state index contributed by atoms with van der Waals surface area (Å²) in [6, 6.07) is 11.5. The maximum absolute atomic E-state index is 12.3. The van der Waals surface area contributed by atoms with Crippen molar-refractivity contribution < 1.29 is 19.1 Å². The van der Waals surface area contributed by atoms with Gasteiger partial charge in [-0.15, -0.1) is 11.8 Å². The highest BCUT2D eigenvalue weighted by Crippen LogP contribution is 2.32. The summed E-state index contributed by atoms with van der Waals surface area (Å²) in [4.78, 5) is 36.8. The lowest BCUT2D eigenvalue weighted by Crippen LogP contribution is -2.30. The second-order valence-electron chi connectivity index (χ2n) is 5.59. The fraction of sp³-hybridized carbons (Fsp3) is 0.167. The first kappa shape index (κ1) is 18.3. The summed E-state index contributed by atoms with van der Waals surface area (Å²) in [5, 5.41) is 5.91. The number of hydrogen-bond acceptors (Lipinski definition) is 5. The van der Waals surface area contributed by atoms with Crippen molar-refractivity contribution in [3.63, 3.8) is 0 Å². The van der Waals surface area contributed by atoms with Crippen molar-refractivity contribution in [1.82, 2.24) is 0 Å². The monoisotopic (exact) mass is 390 g/mol. The smallest absolute Gasteiger partial charge is 0.338 e. The molecule has 0 spiro atoms. The Morgan fingerprint density at radius 3 is 2.69 bits per heavy atom. The second kappa shape index (κ2) is 7.80. The van der Waals surface area contributed by atoms with E-state index in [1.807, 2.05) is 0 Å². The highest BCUT2D eigenvalue weighted by molar-refractivity contribution is 8.00. The summed E-state index contributed by atoms with van der Waals surface area (Å²) in [7, 11) is 0. The largest absolute Gasteiger partial charge is 0.449 e. The van der Waals surface area contributed by atoms with E-state index >= 15 is 0 Å². The van der Waals surface area contributed by atoms with Gasteiger partial charge in [-0.25, -0.2) is 4.79 Å². The normalized spacial score (nSPS) is 14.0. The molecule has 1 aliphatic rings. The summed E-state index contributed by atoms with van der Waals surface area (Å²) < 4.78 is 5.22. The highest BCUT2D eigenvalue weighted by Gasteiger charge is 2.21. The number of ether oxygens (including phenoxy) is 1. The summed E-state index contributed by atoms with van der Waals surface area (Å²) in [6.45, 7) is 1.49. The Balaban J connectivity index is 1.63. The van der Waals surface area contributed by atoms with Gasteiger partial charge in [0.1, 0.15) is 0 Å². The summed E-state index contributed by atoms with van der Waals surface area (Å²) in [5.74, 6) is -0.874. The Morgan fingerprint density at radius 2 is 1.96 bits per heavy atom. The van der Waals surface area contributed by atoms with E-state index in [-0.39, 0.29) is 11.5 Å². The summed E-state index contributed by atoms with van der Waals surface area (Å²) >= 11 is 7.20. The molecule has 2 N–H and O–H groups in total. The van der Waals surface area contributed by atoms with Gasteiger partial charge in [0.25, 0.3) is 5.91 Å². The zero-order valence-corrected chi connectivity index (χ0v) is 15.3. The minimum atomic E-state index is -0.988. The maximum Gasteiger partial charge on any atom is 0.338 e. The van der Waals surface area contributed by atoms with Gasteiger partial charge < -0.3 is 15.4 Å².